The zero-order chi connectivity index (χ0) is 24.6. The maximum absolute atomic E-state index is 6.51. The second-order valence-corrected chi connectivity index (χ2v) is 9.42. The Balaban J connectivity index is 1.22. The second-order valence-electron chi connectivity index (χ2n) is 9.42. The molecule has 0 aliphatic carbocycles. The summed E-state index contributed by atoms with van der Waals surface area (Å²) in [6.45, 7) is 5.79. The van der Waals surface area contributed by atoms with Gasteiger partial charge in [0.2, 0.25) is 0 Å². The van der Waals surface area contributed by atoms with Crippen LogP contribution in [0.1, 0.15) is 29.9 Å². The molecule has 3 aromatic carbocycles. The van der Waals surface area contributed by atoms with Gasteiger partial charge >= 0.3 is 0 Å². The number of anilines is 1. The molecule has 2 unspecified atom stereocenters. The Morgan fingerprint density at radius 3 is 2.67 bits per heavy atom. The van der Waals surface area contributed by atoms with Crippen molar-refractivity contribution in [2.45, 2.75) is 31.5 Å². The molecule has 0 amide bonds. The Kier molecular flexibility index (Phi) is 8.39. The van der Waals surface area contributed by atoms with Crippen LogP contribution in [0.25, 0.3) is 0 Å². The summed E-state index contributed by atoms with van der Waals surface area (Å²) in [6.07, 6.45) is 2.17. The summed E-state index contributed by atoms with van der Waals surface area (Å²) >= 11 is 0. The number of rotatable bonds is 10. The van der Waals surface area contributed by atoms with E-state index in [2.05, 4.69) is 52.7 Å². The van der Waals surface area contributed by atoms with Crippen LogP contribution in [0.15, 0.2) is 72.8 Å². The first-order chi connectivity index (χ1) is 17.8. The Morgan fingerprint density at radius 1 is 1.00 bits per heavy atom. The zero-order valence-corrected chi connectivity index (χ0v) is 21.0. The molecular weight excluding hydrogens is 452 g/mol. The van der Waals surface area contributed by atoms with E-state index in [0.29, 0.717) is 12.5 Å². The summed E-state index contributed by atoms with van der Waals surface area (Å²) in [5, 5.41) is 3.51. The number of fused-ring (bicyclic) bond motifs is 1. The van der Waals surface area contributed by atoms with Crippen molar-refractivity contribution in [2.24, 2.45) is 0 Å². The largest absolute Gasteiger partial charge is 0.490 e. The third kappa shape index (κ3) is 6.19. The lowest BCUT2D eigenvalue weighted by Gasteiger charge is -2.33. The lowest BCUT2D eigenvalue weighted by atomic mass is 9.87. The van der Waals surface area contributed by atoms with Gasteiger partial charge in [0.25, 0.3) is 0 Å². The van der Waals surface area contributed by atoms with E-state index in [1.165, 1.54) is 11.1 Å². The lowest BCUT2D eigenvalue weighted by Crippen LogP contribution is -2.41. The molecule has 1 fully saturated rings. The topological polar surface area (TPSA) is 52.2 Å². The molecule has 0 saturated carbocycles. The Bertz CT molecular complexity index is 1090. The third-order valence-corrected chi connectivity index (χ3v) is 6.94. The molecule has 3 aromatic rings. The number of methoxy groups -OCH3 is 1. The molecule has 6 nitrogen and oxygen atoms in total. The highest BCUT2D eigenvalue weighted by atomic mass is 16.5. The molecule has 0 aromatic heterocycles. The fraction of sp³-hybridized carbons (Fsp3) is 0.400. The summed E-state index contributed by atoms with van der Waals surface area (Å²) < 4.78 is 23.6. The van der Waals surface area contributed by atoms with Gasteiger partial charge in [-0.2, -0.15) is 0 Å². The average molecular weight is 489 g/mol. The number of nitrogens with one attached hydrogen (secondary N) is 1. The van der Waals surface area contributed by atoms with E-state index >= 15 is 0 Å². The highest BCUT2D eigenvalue weighted by Crippen LogP contribution is 2.34. The Labute approximate surface area is 214 Å². The van der Waals surface area contributed by atoms with Crippen LogP contribution in [0.4, 0.5) is 5.69 Å². The van der Waals surface area contributed by atoms with Crippen LogP contribution in [-0.2, 0) is 16.1 Å². The number of ether oxygens (including phenoxy) is 4. The maximum Gasteiger partial charge on any atom is 0.142 e. The Morgan fingerprint density at radius 2 is 1.83 bits per heavy atom. The van der Waals surface area contributed by atoms with Gasteiger partial charge in [-0.05, 0) is 66.9 Å². The predicted molar refractivity (Wildman–Crippen MR) is 142 cm³/mol. The van der Waals surface area contributed by atoms with Crippen LogP contribution < -0.4 is 19.7 Å². The minimum Gasteiger partial charge on any atom is -0.490 e. The summed E-state index contributed by atoms with van der Waals surface area (Å²) in [5.74, 6) is 3.00. The molecule has 5 rings (SSSR count). The molecule has 2 heterocycles. The van der Waals surface area contributed by atoms with Crippen LogP contribution >= 0.6 is 0 Å². The number of hydrogen-bond acceptors (Lipinski definition) is 6. The minimum absolute atomic E-state index is 0.115. The van der Waals surface area contributed by atoms with E-state index in [4.69, 9.17) is 18.9 Å². The molecule has 0 bridgehead atoms. The first kappa shape index (κ1) is 24.6. The fourth-order valence-electron chi connectivity index (χ4n) is 5.04. The van der Waals surface area contributed by atoms with Crippen molar-refractivity contribution in [3.63, 3.8) is 0 Å². The van der Waals surface area contributed by atoms with Crippen molar-refractivity contribution in [1.29, 1.82) is 0 Å². The van der Waals surface area contributed by atoms with Gasteiger partial charge < -0.3 is 29.2 Å². The second kappa shape index (κ2) is 12.3. The van der Waals surface area contributed by atoms with E-state index in [9.17, 15) is 0 Å². The summed E-state index contributed by atoms with van der Waals surface area (Å²) in [5.41, 5.74) is 3.63. The third-order valence-electron chi connectivity index (χ3n) is 6.94. The normalized spacial score (nSPS) is 19.4. The average Bonchev–Trinajstić information content (AvgIpc) is 2.93. The number of nitrogens with zero attached hydrogens (tertiary/aromatic N) is 1. The monoisotopic (exact) mass is 488 g/mol. The van der Waals surface area contributed by atoms with Crippen molar-refractivity contribution in [3.8, 4) is 17.2 Å². The quantitative estimate of drug-likeness (QED) is 0.387. The van der Waals surface area contributed by atoms with Crippen LogP contribution in [0.5, 0.6) is 17.2 Å². The van der Waals surface area contributed by atoms with E-state index in [-0.39, 0.29) is 6.10 Å². The molecule has 6 heteroatoms. The van der Waals surface area contributed by atoms with Gasteiger partial charge in [-0.15, -0.1) is 0 Å². The molecule has 36 heavy (non-hydrogen) atoms. The van der Waals surface area contributed by atoms with Gasteiger partial charge in [0.1, 0.15) is 23.9 Å². The molecule has 190 valence electrons. The maximum atomic E-state index is 6.51. The van der Waals surface area contributed by atoms with Crippen LogP contribution in [0, 0.1) is 0 Å². The van der Waals surface area contributed by atoms with Gasteiger partial charge in [0.15, 0.2) is 0 Å². The molecule has 2 aliphatic heterocycles. The molecule has 0 spiro atoms. The SMILES string of the molecule is COCCCN1CCOc2ccc(COC3CNCCC3c3ccc(Oc4ccccc4)cc3)cc21. The smallest absolute Gasteiger partial charge is 0.142 e. The van der Waals surface area contributed by atoms with Gasteiger partial charge in [-0.3, -0.25) is 0 Å². The van der Waals surface area contributed by atoms with Gasteiger partial charge in [0.05, 0.1) is 24.9 Å². The lowest BCUT2D eigenvalue weighted by molar-refractivity contribution is 0.0106. The number of benzene rings is 3. The van der Waals surface area contributed by atoms with Crippen molar-refractivity contribution >= 4 is 5.69 Å². The highest BCUT2D eigenvalue weighted by molar-refractivity contribution is 5.61. The fourth-order valence-corrected chi connectivity index (χ4v) is 5.04. The molecular formula is C30H36N2O4. The van der Waals surface area contributed by atoms with E-state index in [0.717, 1.165) is 75.2 Å². The number of hydrogen-bond donors (Lipinski definition) is 1. The highest BCUT2D eigenvalue weighted by Gasteiger charge is 2.27. The van der Waals surface area contributed by atoms with Gasteiger partial charge in [-0.25, -0.2) is 0 Å². The van der Waals surface area contributed by atoms with Crippen LogP contribution in [0.2, 0.25) is 0 Å². The standard InChI is InChI=1S/C30H36N2O4/c1-33-18-5-16-32-17-19-34-29-13-8-23(20-28(29)32)22-35-30-21-31-15-14-27(30)24-9-11-26(12-10-24)36-25-6-3-2-4-7-25/h2-4,6-13,20,27,30-31H,5,14-19,21-22H2,1H3. The number of piperidine rings is 1. The first-order valence-corrected chi connectivity index (χ1v) is 12.9. The molecule has 1 saturated heterocycles. The summed E-state index contributed by atoms with van der Waals surface area (Å²) in [4.78, 5) is 2.39. The number of para-hydroxylation sites is 1. The van der Waals surface area contributed by atoms with Gasteiger partial charge in [0, 0.05) is 32.7 Å². The van der Waals surface area contributed by atoms with Crippen molar-refractivity contribution in [1.82, 2.24) is 5.32 Å². The zero-order valence-electron chi connectivity index (χ0n) is 21.0. The molecule has 2 atom stereocenters. The van der Waals surface area contributed by atoms with Crippen LogP contribution in [-0.4, -0.2) is 52.6 Å². The summed E-state index contributed by atoms with van der Waals surface area (Å²) in [6, 6.07) is 24.8. The van der Waals surface area contributed by atoms with Crippen molar-refractivity contribution in [2.75, 3.05) is 51.4 Å². The van der Waals surface area contributed by atoms with E-state index in [1.54, 1.807) is 7.11 Å². The molecule has 0 radical (unpaired) electrons. The van der Waals surface area contributed by atoms with Crippen molar-refractivity contribution < 1.29 is 18.9 Å². The van der Waals surface area contributed by atoms with Crippen molar-refractivity contribution in [3.05, 3.63) is 83.9 Å². The summed E-state index contributed by atoms with van der Waals surface area (Å²) in [7, 11) is 1.75. The molecule has 1 N–H and O–H groups in total. The Hall–Kier alpha value is -3.06. The van der Waals surface area contributed by atoms with E-state index < -0.39 is 0 Å². The molecule has 2 aliphatic rings. The first-order valence-electron chi connectivity index (χ1n) is 12.9. The van der Waals surface area contributed by atoms with Crippen LogP contribution in [0.3, 0.4) is 0 Å². The minimum atomic E-state index is 0.115. The predicted octanol–water partition coefficient (Wildman–Crippen LogP) is 5.38. The van der Waals surface area contributed by atoms with Gasteiger partial charge in [-0.1, -0.05) is 36.4 Å². The van der Waals surface area contributed by atoms with E-state index in [1.807, 2.05) is 30.3 Å².